The van der Waals surface area contributed by atoms with E-state index in [9.17, 15) is 18.4 Å². The molecule has 1 atom stereocenters. The molecule has 1 unspecified atom stereocenters. The molecule has 2 amide bonds. The topological polar surface area (TPSA) is 49.4 Å². The van der Waals surface area contributed by atoms with Crippen LogP contribution in [0.5, 0.6) is 0 Å². The number of hydrogen-bond donors (Lipinski definition) is 1. The monoisotopic (exact) mass is 344 g/mol. The maximum Gasteiger partial charge on any atom is 0.239 e. The molecule has 4 nitrogen and oxygen atoms in total. The molecule has 1 saturated heterocycles. The van der Waals surface area contributed by atoms with Gasteiger partial charge in [-0.3, -0.25) is 9.59 Å². The number of amides is 2. The number of hydrogen-bond acceptors (Lipinski definition) is 2. The maximum atomic E-state index is 13.7. The standard InChI is InChI=1S/C19H18F2N2O2/c1-12-16(21)3-2-4-17(12)23-10-9-15(19(23)25)18(24)22-11-13-5-7-14(20)8-6-13/h2-8,15H,9-11H2,1H3,(H,22,24). The first-order valence-corrected chi connectivity index (χ1v) is 8.06. The predicted molar refractivity (Wildman–Crippen MR) is 89.8 cm³/mol. The summed E-state index contributed by atoms with van der Waals surface area (Å²) in [6.07, 6.45) is 0.379. The van der Waals surface area contributed by atoms with Crippen molar-refractivity contribution < 1.29 is 18.4 Å². The summed E-state index contributed by atoms with van der Waals surface area (Å²) in [4.78, 5) is 26.3. The Morgan fingerprint density at radius 1 is 1.20 bits per heavy atom. The lowest BCUT2D eigenvalue weighted by atomic mass is 10.1. The zero-order valence-corrected chi connectivity index (χ0v) is 13.8. The Hall–Kier alpha value is -2.76. The zero-order valence-electron chi connectivity index (χ0n) is 13.8. The maximum absolute atomic E-state index is 13.7. The molecule has 6 heteroatoms. The fraction of sp³-hybridized carbons (Fsp3) is 0.263. The fourth-order valence-electron chi connectivity index (χ4n) is 2.97. The summed E-state index contributed by atoms with van der Waals surface area (Å²) in [5.41, 5.74) is 1.64. The summed E-state index contributed by atoms with van der Waals surface area (Å²) < 4.78 is 26.6. The van der Waals surface area contributed by atoms with Crippen molar-refractivity contribution in [1.82, 2.24) is 5.32 Å². The SMILES string of the molecule is Cc1c(F)cccc1N1CCC(C(=O)NCc2ccc(F)cc2)C1=O. The van der Waals surface area contributed by atoms with E-state index in [0.29, 0.717) is 24.2 Å². The quantitative estimate of drug-likeness (QED) is 0.867. The fourth-order valence-corrected chi connectivity index (χ4v) is 2.97. The summed E-state index contributed by atoms with van der Waals surface area (Å²) >= 11 is 0. The third-order valence-electron chi connectivity index (χ3n) is 4.43. The Bertz CT molecular complexity index is 806. The van der Waals surface area contributed by atoms with E-state index in [-0.39, 0.29) is 30.0 Å². The van der Waals surface area contributed by atoms with Gasteiger partial charge >= 0.3 is 0 Å². The minimum absolute atomic E-state index is 0.224. The number of halogens is 2. The molecule has 0 bridgehead atoms. The second-order valence-electron chi connectivity index (χ2n) is 6.06. The van der Waals surface area contributed by atoms with Gasteiger partial charge in [0.05, 0.1) is 0 Å². The number of anilines is 1. The van der Waals surface area contributed by atoms with Crippen LogP contribution in [0.1, 0.15) is 17.5 Å². The summed E-state index contributed by atoms with van der Waals surface area (Å²) in [6.45, 7) is 2.21. The van der Waals surface area contributed by atoms with Crippen molar-refractivity contribution in [2.45, 2.75) is 19.9 Å². The molecule has 0 aliphatic carbocycles. The van der Waals surface area contributed by atoms with Gasteiger partial charge in [0, 0.05) is 24.3 Å². The second kappa shape index (κ2) is 7.01. The van der Waals surface area contributed by atoms with Crippen molar-refractivity contribution in [3.8, 4) is 0 Å². The Morgan fingerprint density at radius 2 is 1.92 bits per heavy atom. The van der Waals surface area contributed by atoms with Crippen LogP contribution in [-0.2, 0) is 16.1 Å². The lowest BCUT2D eigenvalue weighted by Gasteiger charge is -2.19. The Kier molecular flexibility index (Phi) is 4.79. The van der Waals surface area contributed by atoms with Gasteiger partial charge in [-0.2, -0.15) is 0 Å². The Morgan fingerprint density at radius 3 is 2.64 bits per heavy atom. The molecule has 130 valence electrons. The third-order valence-corrected chi connectivity index (χ3v) is 4.43. The molecule has 1 N–H and O–H groups in total. The lowest BCUT2D eigenvalue weighted by Crippen LogP contribution is -2.36. The molecular weight excluding hydrogens is 326 g/mol. The first kappa shape index (κ1) is 17.1. The van der Waals surface area contributed by atoms with Crippen LogP contribution in [0, 0.1) is 24.5 Å². The average molecular weight is 344 g/mol. The van der Waals surface area contributed by atoms with Crippen LogP contribution >= 0.6 is 0 Å². The summed E-state index contributed by atoms with van der Waals surface area (Å²) in [5, 5.41) is 2.71. The van der Waals surface area contributed by atoms with Gasteiger partial charge in [0.1, 0.15) is 17.6 Å². The number of carbonyl (C=O) groups is 2. The van der Waals surface area contributed by atoms with Gasteiger partial charge in [-0.25, -0.2) is 8.78 Å². The molecule has 2 aromatic rings. The molecule has 1 fully saturated rings. The normalized spacial score (nSPS) is 17.0. The van der Waals surface area contributed by atoms with E-state index in [0.717, 1.165) is 5.56 Å². The van der Waals surface area contributed by atoms with Gasteiger partial charge in [-0.05, 0) is 43.2 Å². The smallest absolute Gasteiger partial charge is 0.239 e. The van der Waals surface area contributed by atoms with Crippen LogP contribution in [0.3, 0.4) is 0 Å². The van der Waals surface area contributed by atoms with Crippen LogP contribution in [0.15, 0.2) is 42.5 Å². The molecule has 1 aliphatic rings. The minimum atomic E-state index is -0.789. The van der Waals surface area contributed by atoms with Gasteiger partial charge in [-0.1, -0.05) is 18.2 Å². The van der Waals surface area contributed by atoms with Crippen LogP contribution < -0.4 is 10.2 Å². The third kappa shape index (κ3) is 3.52. The Labute approximate surface area is 144 Å². The van der Waals surface area contributed by atoms with Gasteiger partial charge in [0.15, 0.2) is 0 Å². The van der Waals surface area contributed by atoms with Crippen molar-refractivity contribution in [3.63, 3.8) is 0 Å². The van der Waals surface area contributed by atoms with Crippen molar-refractivity contribution in [2.24, 2.45) is 5.92 Å². The highest BCUT2D eigenvalue weighted by molar-refractivity contribution is 6.09. The van der Waals surface area contributed by atoms with E-state index in [1.165, 1.54) is 23.1 Å². The van der Waals surface area contributed by atoms with Crippen molar-refractivity contribution in [3.05, 3.63) is 65.2 Å². The highest BCUT2D eigenvalue weighted by Gasteiger charge is 2.38. The predicted octanol–water partition coefficient (Wildman–Crippen LogP) is 2.94. The Balaban J connectivity index is 1.66. The van der Waals surface area contributed by atoms with E-state index >= 15 is 0 Å². The van der Waals surface area contributed by atoms with Gasteiger partial charge in [0.2, 0.25) is 11.8 Å². The van der Waals surface area contributed by atoms with Crippen molar-refractivity contribution in [2.75, 3.05) is 11.4 Å². The molecule has 2 aromatic carbocycles. The van der Waals surface area contributed by atoms with Crippen LogP contribution in [0.25, 0.3) is 0 Å². The summed E-state index contributed by atoms with van der Waals surface area (Å²) in [7, 11) is 0. The van der Waals surface area contributed by atoms with E-state index < -0.39 is 5.92 Å². The summed E-state index contributed by atoms with van der Waals surface area (Å²) in [6, 6.07) is 10.4. The number of nitrogens with one attached hydrogen (secondary N) is 1. The molecule has 0 aromatic heterocycles. The van der Waals surface area contributed by atoms with Crippen LogP contribution in [0.2, 0.25) is 0 Å². The molecule has 0 radical (unpaired) electrons. The van der Waals surface area contributed by atoms with Crippen LogP contribution in [0.4, 0.5) is 14.5 Å². The number of carbonyl (C=O) groups excluding carboxylic acids is 2. The van der Waals surface area contributed by atoms with Crippen molar-refractivity contribution in [1.29, 1.82) is 0 Å². The van der Waals surface area contributed by atoms with Crippen LogP contribution in [-0.4, -0.2) is 18.4 Å². The van der Waals surface area contributed by atoms with E-state index in [2.05, 4.69) is 5.32 Å². The number of rotatable bonds is 4. The second-order valence-corrected chi connectivity index (χ2v) is 6.06. The molecule has 3 rings (SSSR count). The molecule has 0 spiro atoms. The first-order valence-electron chi connectivity index (χ1n) is 8.06. The van der Waals surface area contributed by atoms with E-state index in [1.807, 2.05) is 0 Å². The van der Waals surface area contributed by atoms with Gasteiger partial charge < -0.3 is 10.2 Å². The molecule has 0 saturated carbocycles. The lowest BCUT2D eigenvalue weighted by molar-refractivity contribution is -0.132. The average Bonchev–Trinajstić information content (AvgIpc) is 2.98. The molecule has 1 heterocycles. The summed E-state index contributed by atoms with van der Waals surface area (Å²) in [5.74, 6) is -2.21. The largest absolute Gasteiger partial charge is 0.351 e. The molecule has 25 heavy (non-hydrogen) atoms. The van der Waals surface area contributed by atoms with E-state index in [1.54, 1.807) is 31.2 Å². The number of nitrogens with zero attached hydrogens (tertiary/aromatic N) is 1. The van der Waals surface area contributed by atoms with Gasteiger partial charge in [0.25, 0.3) is 0 Å². The molecular formula is C19H18F2N2O2. The highest BCUT2D eigenvalue weighted by atomic mass is 19.1. The van der Waals surface area contributed by atoms with Crippen molar-refractivity contribution >= 4 is 17.5 Å². The molecule has 1 aliphatic heterocycles. The minimum Gasteiger partial charge on any atom is -0.351 e. The zero-order chi connectivity index (χ0) is 18.0. The van der Waals surface area contributed by atoms with Gasteiger partial charge in [-0.15, -0.1) is 0 Å². The van der Waals surface area contributed by atoms with E-state index in [4.69, 9.17) is 0 Å². The highest BCUT2D eigenvalue weighted by Crippen LogP contribution is 2.29. The number of benzene rings is 2. The first-order chi connectivity index (χ1) is 12.0.